The normalized spacial score (nSPS) is 11.1. The highest BCUT2D eigenvalue weighted by Crippen LogP contribution is 2.14. The molecular weight excluding hydrogens is 266 g/mol. The Morgan fingerprint density at radius 1 is 1.19 bits per heavy atom. The van der Waals surface area contributed by atoms with Crippen molar-refractivity contribution in [1.29, 1.82) is 0 Å². The molecule has 2 heterocycles. The number of fused-ring (bicyclic) bond motifs is 1. The summed E-state index contributed by atoms with van der Waals surface area (Å²) in [7, 11) is 1.52. The zero-order valence-electron chi connectivity index (χ0n) is 11.6. The van der Waals surface area contributed by atoms with Gasteiger partial charge in [0.05, 0.1) is 11.9 Å². The van der Waals surface area contributed by atoms with E-state index < -0.39 is 0 Å². The molecule has 0 aliphatic rings. The van der Waals surface area contributed by atoms with Crippen molar-refractivity contribution in [2.45, 2.75) is 6.61 Å². The van der Waals surface area contributed by atoms with Crippen LogP contribution in [0.4, 0.5) is 0 Å². The van der Waals surface area contributed by atoms with Gasteiger partial charge < -0.3 is 14.0 Å². The summed E-state index contributed by atoms with van der Waals surface area (Å²) in [5.74, 6) is 0.793. The van der Waals surface area contributed by atoms with Crippen LogP contribution in [0.5, 0.6) is 5.75 Å². The van der Waals surface area contributed by atoms with E-state index in [0.29, 0.717) is 6.61 Å². The first kappa shape index (κ1) is 13.2. The number of pyridine rings is 1. The van der Waals surface area contributed by atoms with Crippen LogP contribution in [0.1, 0.15) is 11.3 Å². The molecule has 0 aliphatic carbocycles. The molecule has 0 radical (unpaired) electrons. The van der Waals surface area contributed by atoms with Crippen LogP contribution in [0.15, 0.2) is 60.0 Å². The number of rotatable bonds is 5. The SMILES string of the molecule is CON=Cc1ccc(OCc2cn3ccccc3n2)cc1. The Morgan fingerprint density at radius 2 is 2.05 bits per heavy atom. The lowest BCUT2D eigenvalue weighted by molar-refractivity contribution is 0.215. The van der Waals surface area contributed by atoms with E-state index in [1.807, 2.05) is 59.3 Å². The van der Waals surface area contributed by atoms with E-state index in [1.54, 1.807) is 6.21 Å². The molecule has 0 unspecified atom stereocenters. The number of nitrogens with zero attached hydrogens (tertiary/aromatic N) is 3. The van der Waals surface area contributed by atoms with Crippen LogP contribution >= 0.6 is 0 Å². The van der Waals surface area contributed by atoms with E-state index in [4.69, 9.17) is 4.74 Å². The van der Waals surface area contributed by atoms with Crippen molar-refractivity contribution in [1.82, 2.24) is 9.38 Å². The maximum absolute atomic E-state index is 5.73. The molecule has 5 nitrogen and oxygen atoms in total. The Kier molecular flexibility index (Phi) is 3.82. The summed E-state index contributed by atoms with van der Waals surface area (Å²) in [6, 6.07) is 13.5. The minimum absolute atomic E-state index is 0.438. The molecule has 0 N–H and O–H groups in total. The molecule has 0 spiro atoms. The van der Waals surface area contributed by atoms with Crippen LogP contribution in [-0.4, -0.2) is 22.7 Å². The third-order valence-electron chi connectivity index (χ3n) is 2.99. The molecule has 21 heavy (non-hydrogen) atoms. The molecule has 0 amide bonds. The second kappa shape index (κ2) is 6.09. The minimum atomic E-state index is 0.438. The molecule has 0 atom stereocenters. The monoisotopic (exact) mass is 281 g/mol. The minimum Gasteiger partial charge on any atom is -0.487 e. The topological polar surface area (TPSA) is 48.1 Å². The quantitative estimate of drug-likeness (QED) is 0.533. The van der Waals surface area contributed by atoms with Crippen molar-refractivity contribution < 1.29 is 9.57 Å². The van der Waals surface area contributed by atoms with E-state index in [0.717, 1.165) is 22.7 Å². The molecule has 3 aromatic rings. The van der Waals surface area contributed by atoms with Gasteiger partial charge in [-0.15, -0.1) is 0 Å². The summed E-state index contributed by atoms with van der Waals surface area (Å²) >= 11 is 0. The fourth-order valence-electron chi connectivity index (χ4n) is 1.98. The van der Waals surface area contributed by atoms with Crippen molar-refractivity contribution in [3.05, 3.63) is 66.1 Å². The van der Waals surface area contributed by atoms with E-state index in [2.05, 4.69) is 15.0 Å². The van der Waals surface area contributed by atoms with Crippen LogP contribution in [0.3, 0.4) is 0 Å². The molecule has 5 heteroatoms. The maximum Gasteiger partial charge on any atom is 0.137 e. The van der Waals surface area contributed by atoms with Gasteiger partial charge >= 0.3 is 0 Å². The van der Waals surface area contributed by atoms with Gasteiger partial charge in [0.25, 0.3) is 0 Å². The van der Waals surface area contributed by atoms with Gasteiger partial charge in [-0.2, -0.15) is 0 Å². The first-order valence-corrected chi connectivity index (χ1v) is 6.57. The largest absolute Gasteiger partial charge is 0.487 e. The van der Waals surface area contributed by atoms with Gasteiger partial charge in [-0.3, -0.25) is 0 Å². The van der Waals surface area contributed by atoms with E-state index in [-0.39, 0.29) is 0 Å². The smallest absolute Gasteiger partial charge is 0.137 e. The van der Waals surface area contributed by atoms with Crippen molar-refractivity contribution in [3.8, 4) is 5.75 Å². The molecule has 1 aromatic carbocycles. The fourth-order valence-corrected chi connectivity index (χ4v) is 1.98. The molecule has 0 saturated carbocycles. The Morgan fingerprint density at radius 3 is 2.81 bits per heavy atom. The molecule has 0 fully saturated rings. The van der Waals surface area contributed by atoms with Gasteiger partial charge in [-0.1, -0.05) is 11.2 Å². The zero-order valence-corrected chi connectivity index (χ0v) is 11.6. The van der Waals surface area contributed by atoms with Gasteiger partial charge in [0.15, 0.2) is 0 Å². The predicted octanol–water partition coefficient (Wildman–Crippen LogP) is 2.89. The number of hydrogen-bond donors (Lipinski definition) is 0. The second-order valence-corrected chi connectivity index (χ2v) is 4.47. The van der Waals surface area contributed by atoms with Crippen LogP contribution in [-0.2, 0) is 11.4 Å². The lowest BCUT2D eigenvalue weighted by Gasteiger charge is -2.03. The summed E-state index contributed by atoms with van der Waals surface area (Å²) in [6.07, 6.45) is 5.58. The summed E-state index contributed by atoms with van der Waals surface area (Å²) in [5, 5.41) is 3.71. The maximum atomic E-state index is 5.73. The molecule has 0 saturated heterocycles. The molecular formula is C16H15N3O2. The molecule has 2 aromatic heterocycles. The third-order valence-corrected chi connectivity index (χ3v) is 2.99. The Hall–Kier alpha value is -2.82. The number of benzene rings is 1. The van der Waals surface area contributed by atoms with Crippen molar-refractivity contribution in [2.24, 2.45) is 5.16 Å². The number of imidazole rings is 1. The van der Waals surface area contributed by atoms with Crippen molar-refractivity contribution in [3.63, 3.8) is 0 Å². The van der Waals surface area contributed by atoms with E-state index >= 15 is 0 Å². The lowest BCUT2D eigenvalue weighted by atomic mass is 10.2. The Bertz CT molecular complexity index is 715. The van der Waals surface area contributed by atoms with Crippen LogP contribution in [0.25, 0.3) is 5.65 Å². The van der Waals surface area contributed by atoms with Crippen molar-refractivity contribution >= 4 is 11.9 Å². The number of aromatic nitrogens is 2. The van der Waals surface area contributed by atoms with Gasteiger partial charge in [0, 0.05) is 12.4 Å². The van der Waals surface area contributed by atoms with Crippen LogP contribution in [0.2, 0.25) is 0 Å². The predicted molar refractivity (Wildman–Crippen MR) is 80.6 cm³/mol. The highest BCUT2D eigenvalue weighted by atomic mass is 16.6. The highest BCUT2D eigenvalue weighted by molar-refractivity contribution is 5.79. The van der Waals surface area contributed by atoms with Crippen molar-refractivity contribution in [2.75, 3.05) is 7.11 Å². The van der Waals surface area contributed by atoms with Gasteiger partial charge in [0.1, 0.15) is 25.1 Å². The summed E-state index contributed by atoms with van der Waals surface area (Å²) in [5.41, 5.74) is 2.77. The first-order valence-electron chi connectivity index (χ1n) is 6.57. The first-order chi connectivity index (χ1) is 10.3. The van der Waals surface area contributed by atoms with E-state index in [9.17, 15) is 0 Å². The van der Waals surface area contributed by atoms with Crippen LogP contribution in [0, 0.1) is 0 Å². The molecule has 0 aliphatic heterocycles. The average molecular weight is 281 g/mol. The number of hydrogen-bond acceptors (Lipinski definition) is 4. The van der Waals surface area contributed by atoms with Gasteiger partial charge in [-0.05, 0) is 42.0 Å². The summed E-state index contributed by atoms with van der Waals surface area (Å²) < 4.78 is 7.70. The summed E-state index contributed by atoms with van der Waals surface area (Å²) in [6.45, 7) is 0.438. The molecule has 3 rings (SSSR count). The fraction of sp³-hybridized carbons (Fsp3) is 0.125. The van der Waals surface area contributed by atoms with Gasteiger partial charge in [-0.25, -0.2) is 4.98 Å². The standard InChI is InChI=1S/C16H15N3O2/c1-20-17-10-13-5-7-15(8-6-13)21-12-14-11-19-9-3-2-4-16(19)18-14/h2-11H,12H2,1H3. The van der Waals surface area contributed by atoms with E-state index in [1.165, 1.54) is 7.11 Å². The van der Waals surface area contributed by atoms with Gasteiger partial charge in [0.2, 0.25) is 0 Å². The average Bonchev–Trinajstić information content (AvgIpc) is 2.95. The Labute approximate surface area is 122 Å². The molecule has 106 valence electrons. The summed E-state index contributed by atoms with van der Waals surface area (Å²) in [4.78, 5) is 9.12. The zero-order chi connectivity index (χ0) is 14.5. The second-order valence-electron chi connectivity index (χ2n) is 4.47. The van der Waals surface area contributed by atoms with Crippen LogP contribution < -0.4 is 4.74 Å². The third kappa shape index (κ3) is 3.20. The lowest BCUT2D eigenvalue weighted by Crippen LogP contribution is -1.95. The highest BCUT2D eigenvalue weighted by Gasteiger charge is 2.02. The molecule has 0 bridgehead atoms. The number of ether oxygens (including phenoxy) is 1. The Balaban J connectivity index is 1.65. The number of oxime groups is 1.